The van der Waals surface area contributed by atoms with E-state index in [1.165, 1.54) is 51.5 Å². The SMILES string of the molecule is COCCCCC1(CNC2CC2)CC1. The van der Waals surface area contributed by atoms with E-state index in [-0.39, 0.29) is 0 Å². The van der Waals surface area contributed by atoms with Crippen LogP contribution in [-0.2, 0) is 4.74 Å². The fourth-order valence-electron chi connectivity index (χ4n) is 2.09. The smallest absolute Gasteiger partial charge is 0.0462 e. The lowest BCUT2D eigenvalue weighted by molar-refractivity contribution is 0.189. The van der Waals surface area contributed by atoms with Crippen molar-refractivity contribution >= 4 is 0 Å². The predicted molar refractivity (Wildman–Crippen MR) is 58.4 cm³/mol. The highest BCUT2D eigenvalue weighted by molar-refractivity contribution is 4.96. The van der Waals surface area contributed by atoms with Crippen LogP contribution in [0.1, 0.15) is 44.9 Å². The zero-order chi connectivity index (χ0) is 9.86. The third-order valence-electron chi connectivity index (χ3n) is 3.61. The normalized spacial score (nSPS) is 23.8. The Hall–Kier alpha value is -0.0800. The van der Waals surface area contributed by atoms with Crippen LogP contribution < -0.4 is 5.32 Å². The lowest BCUT2D eigenvalue weighted by Gasteiger charge is -2.15. The van der Waals surface area contributed by atoms with Crippen LogP contribution in [-0.4, -0.2) is 26.3 Å². The van der Waals surface area contributed by atoms with Crippen molar-refractivity contribution in [3.8, 4) is 0 Å². The Kier molecular flexibility index (Phi) is 3.45. The van der Waals surface area contributed by atoms with Gasteiger partial charge in [-0.2, -0.15) is 0 Å². The summed E-state index contributed by atoms with van der Waals surface area (Å²) in [5, 5.41) is 3.67. The molecule has 0 amide bonds. The number of nitrogens with one attached hydrogen (secondary N) is 1. The summed E-state index contributed by atoms with van der Waals surface area (Å²) in [6, 6.07) is 0.881. The molecule has 0 radical (unpaired) electrons. The molecule has 2 aliphatic carbocycles. The molecule has 0 bridgehead atoms. The van der Waals surface area contributed by atoms with Gasteiger partial charge >= 0.3 is 0 Å². The molecule has 0 spiro atoms. The summed E-state index contributed by atoms with van der Waals surface area (Å²) in [6.07, 6.45) is 9.75. The van der Waals surface area contributed by atoms with E-state index in [1.807, 2.05) is 0 Å². The number of methoxy groups -OCH3 is 1. The molecule has 0 aromatic carbocycles. The molecule has 2 fully saturated rings. The largest absolute Gasteiger partial charge is 0.385 e. The van der Waals surface area contributed by atoms with Crippen molar-refractivity contribution in [3.05, 3.63) is 0 Å². The quantitative estimate of drug-likeness (QED) is 0.603. The summed E-state index contributed by atoms with van der Waals surface area (Å²) in [5.41, 5.74) is 0.705. The molecule has 2 nitrogen and oxygen atoms in total. The first-order valence-electron chi connectivity index (χ1n) is 6.07. The van der Waals surface area contributed by atoms with Crippen LogP contribution >= 0.6 is 0 Å². The molecule has 0 saturated heterocycles. The number of ether oxygens (including phenoxy) is 1. The highest BCUT2D eigenvalue weighted by Crippen LogP contribution is 2.49. The maximum Gasteiger partial charge on any atom is 0.0462 e. The number of hydrogen-bond acceptors (Lipinski definition) is 2. The van der Waals surface area contributed by atoms with Gasteiger partial charge in [0.1, 0.15) is 0 Å². The monoisotopic (exact) mass is 197 g/mol. The van der Waals surface area contributed by atoms with Crippen molar-refractivity contribution in [2.75, 3.05) is 20.3 Å². The van der Waals surface area contributed by atoms with Gasteiger partial charge in [-0.25, -0.2) is 0 Å². The van der Waals surface area contributed by atoms with Crippen molar-refractivity contribution in [2.24, 2.45) is 5.41 Å². The highest BCUT2D eigenvalue weighted by atomic mass is 16.5. The van der Waals surface area contributed by atoms with Gasteiger partial charge in [-0.3, -0.25) is 0 Å². The van der Waals surface area contributed by atoms with Crippen LogP contribution in [0, 0.1) is 5.41 Å². The number of unbranched alkanes of at least 4 members (excludes halogenated alkanes) is 1. The van der Waals surface area contributed by atoms with E-state index in [0.29, 0.717) is 5.41 Å². The van der Waals surface area contributed by atoms with Crippen molar-refractivity contribution in [2.45, 2.75) is 51.0 Å². The van der Waals surface area contributed by atoms with Gasteiger partial charge in [-0.15, -0.1) is 0 Å². The third-order valence-corrected chi connectivity index (χ3v) is 3.61. The molecular formula is C12H23NO. The maximum atomic E-state index is 5.07. The van der Waals surface area contributed by atoms with Gasteiger partial charge in [-0.1, -0.05) is 6.42 Å². The molecule has 82 valence electrons. The van der Waals surface area contributed by atoms with E-state index < -0.39 is 0 Å². The van der Waals surface area contributed by atoms with Gasteiger partial charge < -0.3 is 10.1 Å². The molecule has 0 atom stereocenters. The second-order valence-electron chi connectivity index (χ2n) is 5.11. The molecule has 0 aliphatic heterocycles. The summed E-state index contributed by atoms with van der Waals surface area (Å²) in [6.45, 7) is 2.22. The van der Waals surface area contributed by atoms with E-state index in [0.717, 1.165) is 12.6 Å². The van der Waals surface area contributed by atoms with Gasteiger partial charge in [0.15, 0.2) is 0 Å². The lowest BCUT2D eigenvalue weighted by Crippen LogP contribution is -2.25. The second-order valence-corrected chi connectivity index (χ2v) is 5.11. The van der Waals surface area contributed by atoms with Crippen molar-refractivity contribution in [1.29, 1.82) is 0 Å². The van der Waals surface area contributed by atoms with Crippen LogP contribution in [0.5, 0.6) is 0 Å². The zero-order valence-corrected chi connectivity index (χ0v) is 9.35. The van der Waals surface area contributed by atoms with Gasteiger partial charge in [0, 0.05) is 26.3 Å². The molecule has 0 aromatic rings. The second kappa shape index (κ2) is 4.63. The summed E-state index contributed by atoms with van der Waals surface area (Å²) in [5.74, 6) is 0. The average molecular weight is 197 g/mol. The standard InChI is InChI=1S/C12H23NO/c1-14-9-3-2-6-12(7-8-12)10-13-11-4-5-11/h11,13H,2-10H2,1H3. The zero-order valence-electron chi connectivity index (χ0n) is 9.35. The molecule has 14 heavy (non-hydrogen) atoms. The molecule has 2 saturated carbocycles. The molecule has 0 heterocycles. The van der Waals surface area contributed by atoms with Crippen LogP contribution in [0.15, 0.2) is 0 Å². The van der Waals surface area contributed by atoms with Gasteiger partial charge in [0.25, 0.3) is 0 Å². The van der Waals surface area contributed by atoms with Gasteiger partial charge in [0.2, 0.25) is 0 Å². The van der Waals surface area contributed by atoms with Crippen molar-refractivity contribution in [1.82, 2.24) is 5.32 Å². The summed E-state index contributed by atoms with van der Waals surface area (Å²) < 4.78 is 5.07. The minimum Gasteiger partial charge on any atom is -0.385 e. The van der Waals surface area contributed by atoms with Crippen molar-refractivity contribution in [3.63, 3.8) is 0 Å². The van der Waals surface area contributed by atoms with E-state index >= 15 is 0 Å². The van der Waals surface area contributed by atoms with Gasteiger partial charge in [-0.05, 0) is 43.9 Å². The first kappa shape index (κ1) is 10.4. The average Bonchev–Trinajstić information content (AvgIpc) is 3.04. The maximum absolute atomic E-state index is 5.07. The lowest BCUT2D eigenvalue weighted by atomic mass is 9.99. The van der Waals surface area contributed by atoms with E-state index in [9.17, 15) is 0 Å². The Morgan fingerprint density at radius 1 is 1.29 bits per heavy atom. The Balaban J connectivity index is 1.53. The minimum absolute atomic E-state index is 0.705. The predicted octanol–water partition coefficient (Wildman–Crippen LogP) is 2.34. The van der Waals surface area contributed by atoms with Crippen LogP contribution in [0.2, 0.25) is 0 Å². The number of hydrogen-bond donors (Lipinski definition) is 1. The Morgan fingerprint density at radius 2 is 2.07 bits per heavy atom. The Labute approximate surface area is 87.4 Å². The summed E-state index contributed by atoms with van der Waals surface area (Å²) in [4.78, 5) is 0. The summed E-state index contributed by atoms with van der Waals surface area (Å²) >= 11 is 0. The Bertz CT molecular complexity index is 173. The molecule has 0 unspecified atom stereocenters. The number of rotatable bonds is 8. The highest BCUT2D eigenvalue weighted by Gasteiger charge is 2.42. The molecule has 2 aliphatic rings. The van der Waals surface area contributed by atoms with E-state index in [2.05, 4.69) is 5.32 Å². The first-order valence-corrected chi connectivity index (χ1v) is 6.07. The fourth-order valence-corrected chi connectivity index (χ4v) is 2.09. The van der Waals surface area contributed by atoms with Gasteiger partial charge in [0.05, 0.1) is 0 Å². The van der Waals surface area contributed by atoms with E-state index in [1.54, 1.807) is 7.11 Å². The minimum atomic E-state index is 0.705. The fraction of sp³-hybridized carbons (Fsp3) is 1.00. The molecule has 2 rings (SSSR count). The topological polar surface area (TPSA) is 21.3 Å². The van der Waals surface area contributed by atoms with Crippen LogP contribution in [0.3, 0.4) is 0 Å². The molecule has 1 N–H and O–H groups in total. The summed E-state index contributed by atoms with van der Waals surface area (Å²) in [7, 11) is 1.79. The molecule has 0 aromatic heterocycles. The third kappa shape index (κ3) is 3.25. The van der Waals surface area contributed by atoms with E-state index in [4.69, 9.17) is 4.74 Å². The molecular weight excluding hydrogens is 174 g/mol. The van der Waals surface area contributed by atoms with Crippen molar-refractivity contribution < 1.29 is 4.74 Å². The molecule has 2 heteroatoms. The first-order chi connectivity index (χ1) is 6.85. The van der Waals surface area contributed by atoms with Crippen LogP contribution in [0.25, 0.3) is 0 Å². The van der Waals surface area contributed by atoms with Crippen LogP contribution in [0.4, 0.5) is 0 Å². The Morgan fingerprint density at radius 3 is 2.64 bits per heavy atom.